The molecular formula is C18H19FN4O2. The molecule has 0 bridgehead atoms. The number of halogens is 1. The number of piperazine rings is 1. The summed E-state index contributed by atoms with van der Waals surface area (Å²) in [6, 6.07) is 10.3. The molecule has 3 rings (SSSR count). The topological polar surface area (TPSA) is 65.5 Å². The molecule has 2 amide bonds. The molecule has 0 atom stereocenters. The maximum absolute atomic E-state index is 13.2. The monoisotopic (exact) mass is 342 g/mol. The number of carbonyl (C=O) groups is 2. The van der Waals surface area contributed by atoms with Crippen LogP contribution in [-0.4, -0.2) is 59.8 Å². The smallest absolute Gasteiger partial charge is 0.274 e. The normalized spacial score (nSPS) is 15.0. The molecule has 0 saturated carbocycles. The lowest BCUT2D eigenvalue weighted by atomic mass is 10.2. The molecule has 0 radical (unpaired) electrons. The summed E-state index contributed by atoms with van der Waals surface area (Å²) >= 11 is 0. The van der Waals surface area contributed by atoms with Crippen LogP contribution in [0.1, 0.15) is 21.0 Å². The van der Waals surface area contributed by atoms with Crippen LogP contribution in [0.5, 0.6) is 0 Å². The van der Waals surface area contributed by atoms with Gasteiger partial charge in [0.1, 0.15) is 17.2 Å². The summed E-state index contributed by atoms with van der Waals surface area (Å²) in [5, 5.41) is 2.58. The summed E-state index contributed by atoms with van der Waals surface area (Å²) in [7, 11) is 2.01. The zero-order valence-corrected chi connectivity index (χ0v) is 13.9. The van der Waals surface area contributed by atoms with Gasteiger partial charge in [-0.1, -0.05) is 12.1 Å². The SMILES string of the molecule is CN1CCN(C(=O)c2cccc(C(=O)Nc3cccc(F)c3)n2)CC1. The van der Waals surface area contributed by atoms with Crippen molar-refractivity contribution in [3.05, 3.63) is 59.7 Å². The van der Waals surface area contributed by atoms with Crippen molar-refractivity contribution in [3.8, 4) is 0 Å². The summed E-state index contributed by atoms with van der Waals surface area (Å²) in [5.41, 5.74) is 0.684. The summed E-state index contributed by atoms with van der Waals surface area (Å²) in [6.07, 6.45) is 0. The van der Waals surface area contributed by atoms with Crippen LogP contribution in [0.2, 0.25) is 0 Å². The molecule has 130 valence electrons. The van der Waals surface area contributed by atoms with Crippen molar-refractivity contribution in [2.45, 2.75) is 0 Å². The number of hydrogen-bond acceptors (Lipinski definition) is 4. The molecule has 7 heteroatoms. The van der Waals surface area contributed by atoms with E-state index < -0.39 is 11.7 Å². The first-order valence-corrected chi connectivity index (χ1v) is 8.05. The van der Waals surface area contributed by atoms with E-state index in [0.29, 0.717) is 18.8 Å². The van der Waals surface area contributed by atoms with Crippen molar-refractivity contribution in [3.63, 3.8) is 0 Å². The van der Waals surface area contributed by atoms with Gasteiger partial charge in [-0.3, -0.25) is 9.59 Å². The van der Waals surface area contributed by atoms with Crippen molar-refractivity contribution < 1.29 is 14.0 Å². The van der Waals surface area contributed by atoms with Gasteiger partial charge >= 0.3 is 0 Å². The Morgan fingerprint density at radius 3 is 2.44 bits per heavy atom. The van der Waals surface area contributed by atoms with E-state index >= 15 is 0 Å². The standard InChI is InChI=1S/C18H19FN4O2/c1-22-8-10-23(11-9-22)18(25)16-7-3-6-15(21-16)17(24)20-14-5-2-4-13(19)12-14/h2-7,12H,8-11H2,1H3,(H,20,24). The van der Waals surface area contributed by atoms with Gasteiger partial charge in [0, 0.05) is 31.9 Å². The molecule has 0 unspecified atom stereocenters. The number of nitrogens with zero attached hydrogens (tertiary/aromatic N) is 3. The van der Waals surface area contributed by atoms with E-state index in [1.165, 1.54) is 24.3 Å². The molecule has 2 heterocycles. The number of rotatable bonds is 3. The lowest BCUT2D eigenvalue weighted by Gasteiger charge is -2.32. The third-order valence-electron chi connectivity index (χ3n) is 4.07. The Morgan fingerprint density at radius 1 is 1.04 bits per heavy atom. The highest BCUT2D eigenvalue weighted by molar-refractivity contribution is 6.03. The molecule has 25 heavy (non-hydrogen) atoms. The third-order valence-corrected chi connectivity index (χ3v) is 4.07. The molecule has 1 aliphatic rings. The van der Waals surface area contributed by atoms with Crippen LogP contribution in [0.15, 0.2) is 42.5 Å². The van der Waals surface area contributed by atoms with Crippen LogP contribution in [-0.2, 0) is 0 Å². The molecule has 1 aromatic carbocycles. The average molecular weight is 342 g/mol. The van der Waals surface area contributed by atoms with Gasteiger partial charge in [0.05, 0.1) is 0 Å². The van der Waals surface area contributed by atoms with Gasteiger partial charge in [-0.15, -0.1) is 0 Å². The van der Waals surface area contributed by atoms with E-state index in [2.05, 4.69) is 15.2 Å². The van der Waals surface area contributed by atoms with E-state index in [1.807, 2.05) is 7.05 Å². The summed E-state index contributed by atoms with van der Waals surface area (Å²) in [6.45, 7) is 2.89. The zero-order chi connectivity index (χ0) is 17.8. The van der Waals surface area contributed by atoms with Crippen LogP contribution >= 0.6 is 0 Å². The molecule has 2 aromatic rings. The fourth-order valence-electron chi connectivity index (χ4n) is 2.61. The number of hydrogen-bond donors (Lipinski definition) is 1. The summed E-state index contributed by atoms with van der Waals surface area (Å²) in [5.74, 6) is -1.11. The quantitative estimate of drug-likeness (QED) is 0.925. The molecule has 0 spiro atoms. The summed E-state index contributed by atoms with van der Waals surface area (Å²) in [4.78, 5) is 32.9. The molecule has 0 aliphatic carbocycles. The minimum absolute atomic E-state index is 0.115. The van der Waals surface area contributed by atoms with E-state index in [9.17, 15) is 14.0 Å². The third kappa shape index (κ3) is 4.19. The molecule has 1 saturated heterocycles. The molecule has 1 aliphatic heterocycles. The van der Waals surface area contributed by atoms with E-state index in [0.717, 1.165) is 13.1 Å². The van der Waals surface area contributed by atoms with Crippen molar-refractivity contribution in [2.24, 2.45) is 0 Å². The number of pyridine rings is 1. The van der Waals surface area contributed by atoms with Crippen molar-refractivity contribution in [1.82, 2.24) is 14.8 Å². The second-order valence-corrected chi connectivity index (χ2v) is 5.97. The zero-order valence-electron chi connectivity index (χ0n) is 13.9. The Bertz CT molecular complexity index is 788. The average Bonchev–Trinajstić information content (AvgIpc) is 2.62. The lowest BCUT2D eigenvalue weighted by Crippen LogP contribution is -2.47. The Hall–Kier alpha value is -2.80. The van der Waals surface area contributed by atoms with Crippen LogP contribution in [0.4, 0.5) is 10.1 Å². The first-order valence-electron chi connectivity index (χ1n) is 8.05. The molecule has 1 fully saturated rings. The number of nitrogens with one attached hydrogen (secondary N) is 1. The maximum Gasteiger partial charge on any atom is 0.274 e. The minimum Gasteiger partial charge on any atom is -0.335 e. The van der Waals surface area contributed by atoms with Crippen LogP contribution in [0, 0.1) is 5.82 Å². The van der Waals surface area contributed by atoms with E-state index in [1.54, 1.807) is 23.1 Å². The van der Waals surface area contributed by atoms with Gasteiger partial charge < -0.3 is 15.1 Å². The molecule has 1 N–H and O–H groups in total. The van der Waals surface area contributed by atoms with Crippen LogP contribution in [0.3, 0.4) is 0 Å². The van der Waals surface area contributed by atoms with Gasteiger partial charge in [0.2, 0.25) is 0 Å². The number of aromatic nitrogens is 1. The minimum atomic E-state index is -0.487. The summed E-state index contributed by atoms with van der Waals surface area (Å²) < 4.78 is 13.2. The molecule has 6 nitrogen and oxygen atoms in total. The largest absolute Gasteiger partial charge is 0.335 e. The van der Waals surface area contributed by atoms with E-state index in [4.69, 9.17) is 0 Å². The fourth-order valence-corrected chi connectivity index (χ4v) is 2.61. The molecule has 1 aromatic heterocycles. The van der Waals surface area contributed by atoms with E-state index in [-0.39, 0.29) is 17.3 Å². The van der Waals surface area contributed by atoms with Gasteiger partial charge in [0.15, 0.2) is 0 Å². The maximum atomic E-state index is 13.2. The highest BCUT2D eigenvalue weighted by Crippen LogP contribution is 2.12. The van der Waals surface area contributed by atoms with Crippen molar-refractivity contribution >= 4 is 17.5 Å². The first-order chi connectivity index (χ1) is 12.0. The van der Waals surface area contributed by atoms with Gasteiger partial charge in [-0.2, -0.15) is 0 Å². The number of anilines is 1. The van der Waals surface area contributed by atoms with Gasteiger partial charge in [0.25, 0.3) is 11.8 Å². The number of carbonyl (C=O) groups excluding carboxylic acids is 2. The van der Waals surface area contributed by atoms with Gasteiger partial charge in [-0.25, -0.2) is 9.37 Å². The number of likely N-dealkylation sites (N-methyl/N-ethyl adjacent to an activating group) is 1. The van der Waals surface area contributed by atoms with Gasteiger partial charge in [-0.05, 0) is 37.4 Å². The van der Waals surface area contributed by atoms with Crippen molar-refractivity contribution in [1.29, 1.82) is 0 Å². The predicted molar refractivity (Wildman–Crippen MR) is 92.0 cm³/mol. The predicted octanol–water partition coefficient (Wildman–Crippen LogP) is 1.86. The fraction of sp³-hybridized carbons (Fsp3) is 0.278. The Kier molecular flexibility index (Phi) is 5.04. The second kappa shape index (κ2) is 7.40. The lowest BCUT2D eigenvalue weighted by molar-refractivity contribution is 0.0658. The van der Waals surface area contributed by atoms with Crippen LogP contribution in [0.25, 0.3) is 0 Å². The first kappa shape index (κ1) is 17.0. The Morgan fingerprint density at radius 2 is 1.72 bits per heavy atom. The number of amides is 2. The van der Waals surface area contributed by atoms with Crippen molar-refractivity contribution in [2.75, 3.05) is 38.5 Å². The molecular weight excluding hydrogens is 323 g/mol. The Balaban J connectivity index is 1.72. The number of benzene rings is 1. The Labute approximate surface area is 145 Å². The second-order valence-electron chi connectivity index (χ2n) is 5.97. The highest BCUT2D eigenvalue weighted by Gasteiger charge is 2.22. The highest BCUT2D eigenvalue weighted by atomic mass is 19.1. The van der Waals surface area contributed by atoms with Crippen LogP contribution < -0.4 is 5.32 Å².